The Hall–Kier alpha value is -0.341. The number of rotatable bonds is 3. The minimum absolute atomic E-state index is 0.195. The molecule has 2 rings (SSSR count). The summed E-state index contributed by atoms with van der Waals surface area (Å²) in [5, 5.41) is 11.6. The van der Waals surface area contributed by atoms with Gasteiger partial charge in [0.2, 0.25) is 0 Å². The van der Waals surface area contributed by atoms with Gasteiger partial charge in [-0.2, -0.15) is 0 Å². The molecule has 1 heterocycles. The molecule has 1 fully saturated rings. The van der Waals surface area contributed by atoms with Crippen molar-refractivity contribution in [3.8, 4) is 0 Å². The average Bonchev–Trinajstić information content (AvgIpc) is 2.27. The van der Waals surface area contributed by atoms with Gasteiger partial charge in [0.25, 0.3) is 0 Å². The summed E-state index contributed by atoms with van der Waals surface area (Å²) < 4.78 is 7.25. The Morgan fingerprint density at radius 2 is 1.94 bits per heavy atom. The standard InChI is InChI=1S/C15H22O2Se/c1-14(2)11-15(3,16)12(9-17-14)10-18-13-7-5-4-6-8-13/h4-8,12,16H,9-11H2,1-3H3/t12-,15+/m1/s1. The maximum absolute atomic E-state index is 10.6. The molecule has 2 atom stereocenters. The van der Waals surface area contributed by atoms with Crippen LogP contribution in [0, 0.1) is 5.92 Å². The third-order valence-electron chi connectivity index (χ3n) is 3.53. The monoisotopic (exact) mass is 314 g/mol. The van der Waals surface area contributed by atoms with E-state index in [1.807, 2.05) is 13.0 Å². The molecular formula is C15H22O2Se. The van der Waals surface area contributed by atoms with E-state index in [9.17, 15) is 5.11 Å². The van der Waals surface area contributed by atoms with E-state index in [4.69, 9.17) is 4.74 Å². The van der Waals surface area contributed by atoms with Crippen molar-refractivity contribution in [3.05, 3.63) is 30.3 Å². The summed E-state index contributed by atoms with van der Waals surface area (Å²) in [6, 6.07) is 10.5. The fourth-order valence-corrected chi connectivity index (χ4v) is 5.02. The molecule has 0 radical (unpaired) electrons. The Bertz CT molecular complexity index is 387. The molecule has 0 bridgehead atoms. The van der Waals surface area contributed by atoms with Gasteiger partial charge in [-0.1, -0.05) is 0 Å². The van der Waals surface area contributed by atoms with E-state index < -0.39 is 5.60 Å². The summed E-state index contributed by atoms with van der Waals surface area (Å²) in [6.07, 6.45) is 0.718. The summed E-state index contributed by atoms with van der Waals surface area (Å²) in [5.41, 5.74) is -0.794. The number of hydrogen-bond donors (Lipinski definition) is 1. The zero-order valence-corrected chi connectivity index (χ0v) is 13.1. The van der Waals surface area contributed by atoms with Gasteiger partial charge < -0.3 is 0 Å². The number of hydrogen-bond acceptors (Lipinski definition) is 2. The van der Waals surface area contributed by atoms with E-state index in [2.05, 4.69) is 38.1 Å². The van der Waals surface area contributed by atoms with E-state index in [1.165, 1.54) is 4.46 Å². The molecule has 1 aromatic carbocycles. The van der Waals surface area contributed by atoms with Crippen molar-refractivity contribution in [3.63, 3.8) is 0 Å². The Morgan fingerprint density at radius 3 is 2.56 bits per heavy atom. The van der Waals surface area contributed by atoms with Crippen molar-refractivity contribution >= 4 is 19.4 Å². The van der Waals surface area contributed by atoms with E-state index in [-0.39, 0.29) is 11.5 Å². The molecule has 1 saturated heterocycles. The Kier molecular flexibility index (Phi) is 4.18. The predicted molar refractivity (Wildman–Crippen MR) is 75.4 cm³/mol. The summed E-state index contributed by atoms with van der Waals surface area (Å²) in [5.74, 6) is 0.255. The summed E-state index contributed by atoms with van der Waals surface area (Å²) in [4.78, 5) is 0. The van der Waals surface area contributed by atoms with E-state index in [0.717, 1.165) is 11.7 Å². The van der Waals surface area contributed by atoms with Crippen molar-refractivity contribution in [2.75, 3.05) is 6.61 Å². The van der Waals surface area contributed by atoms with Crippen molar-refractivity contribution in [2.45, 2.75) is 43.7 Å². The Balaban J connectivity index is 1.94. The molecule has 0 spiro atoms. The fraction of sp³-hybridized carbons (Fsp3) is 0.600. The van der Waals surface area contributed by atoms with E-state index in [0.29, 0.717) is 21.6 Å². The van der Waals surface area contributed by atoms with Crippen LogP contribution in [0.25, 0.3) is 0 Å². The number of aliphatic hydroxyl groups is 1. The van der Waals surface area contributed by atoms with Gasteiger partial charge in [-0.05, 0) is 0 Å². The van der Waals surface area contributed by atoms with Gasteiger partial charge >= 0.3 is 116 Å². The molecule has 0 amide bonds. The average molecular weight is 313 g/mol. The zero-order chi connectivity index (χ0) is 13.2. The molecule has 18 heavy (non-hydrogen) atoms. The Labute approximate surface area is 116 Å². The first-order chi connectivity index (χ1) is 8.39. The molecule has 0 unspecified atom stereocenters. The van der Waals surface area contributed by atoms with Gasteiger partial charge in [-0.3, -0.25) is 0 Å². The van der Waals surface area contributed by atoms with Crippen LogP contribution in [-0.4, -0.2) is 37.9 Å². The van der Waals surface area contributed by atoms with Crippen LogP contribution in [0.15, 0.2) is 30.3 Å². The van der Waals surface area contributed by atoms with Crippen molar-refractivity contribution in [1.29, 1.82) is 0 Å². The summed E-state index contributed by atoms with van der Waals surface area (Å²) in [7, 11) is 0. The molecule has 0 saturated carbocycles. The second-order valence-electron chi connectivity index (χ2n) is 5.93. The molecule has 2 nitrogen and oxygen atoms in total. The first kappa shape index (κ1) is 14.1. The minimum atomic E-state index is -0.599. The maximum atomic E-state index is 10.6. The van der Waals surface area contributed by atoms with Crippen LogP contribution in [0.3, 0.4) is 0 Å². The third kappa shape index (κ3) is 3.58. The first-order valence-electron chi connectivity index (χ1n) is 6.43. The molecule has 1 aliphatic rings. The SMILES string of the molecule is CC1(C)C[C@](C)(O)[C@@H](C[Se]c2ccccc2)CO1. The second kappa shape index (κ2) is 5.34. The molecule has 3 heteroatoms. The van der Waals surface area contributed by atoms with Gasteiger partial charge in [0, 0.05) is 0 Å². The van der Waals surface area contributed by atoms with Crippen LogP contribution < -0.4 is 4.46 Å². The van der Waals surface area contributed by atoms with Crippen LogP contribution >= 0.6 is 0 Å². The van der Waals surface area contributed by atoms with Crippen LogP contribution in [0.1, 0.15) is 27.2 Å². The molecular weight excluding hydrogens is 291 g/mol. The van der Waals surface area contributed by atoms with Gasteiger partial charge in [0.15, 0.2) is 0 Å². The van der Waals surface area contributed by atoms with Crippen LogP contribution in [0.2, 0.25) is 5.32 Å². The van der Waals surface area contributed by atoms with E-state index >= 15 is 0 Å². The fourth-order valence-electron chi connectivity index (χ4n) is 2.50. The zero-order valence-electron chi connectivity index (χ0n) is 11.3. The number of ether oxygens (including phenoxy) is 1. The Morgan fingerprint density at radius 1 is 1.28 bits per heavy atom. The van der Waals surface area contributed by atoms with Gasteiger partial charge in [0.1, 0.15) is 0 Å². The van der Waals surface area contributed by atoms with E-state index in [1.54, 1.807) is 0 Å². The molecule has 0 aliphatic carbocycles. The molecule has 0 aromatic heterocycles. The normalized spacial score (nSPS) is 31.2. The van der Waals surface area contributed by atoms with Gasteiger partial charge in [0.05, 0.1) is 0 Å². The van der Waals surface area contributed by atoms with Crippen molar-refractivity contribution < 1.29 is 9.84 Å². The van der Waals surface area contributed by atoms with Crippen molar-refractivity contribution in [2.24, 2.45) is 5.92 Å². The van der Waals surface area contributed by atoms with Crippen LogP contribution in [0.5, 0.6) is 0 Å². The first-order valence-corrected chi connectivity index (χ1v) is 8.50. The van der Waals surface area contributed by atoms with Gasteiger partial charge in [-0.25, -0.2) is 0 Å². The topological polar surface area (TPSA) is 29.5 Å². The summed E-state index contributed by atoms with van der Waals surface area (Å²) in [6.45, 7) is 6.75. The molecule has 1 N–H and O–H groups in total. The summed E-state index contributed by atoms with van der Waals surface area (Å²) >= 11 is 0.417. The third-order valence-corrected chi connectivity index (χ3v) is 6.00. The molecule has 1 aliphatic heterocycles. The van der Waals surface area contributed by atoms with Crippen molar-refractivity contribution in [1.82, 2.24) is 0 Å². The van der Waals surface area contributed by atoms with Gasteiger partial charge in [-0.15, -0.1) is 0 Å². The quantitative estimate of drug-likeness (QED) is 0.865. The second-order valence-corrected chi connectivity index (χ2v) is 8.22. The molecule has 1 aromatic rings. The predicted octanol–water partition coefficient (Wildman–Crippen LogP) is 2.00. The molecule has 100 valence electrons. The van der Waals surface area contributed by atoms with Crippen LogP contribution in [0.4, 0.5) is 0 Å². The number of benzene rings is 1. The van der Waals surface area contributed by atoms with Crippen LogP contribution in [-0.2, 0) is 4.74 Å².